The molecule has 1 amide bonds. The summed E-state index contributed by atoms with van der Waals surface area (Å²) in [6, 6.07) is 3.20. The van der Waals surface area contributed by atoms with E-state index in [1.54, 1.807) is 20.8 Å². The fourth-order valence-corrected chi connectivity index (χ4v) is 1.53. The van der Waals surface area contributed by atoms with Crippen molar-refractivity contribution in [2.24, 2.45) is 0 Å². The van der Waals surface area contributed by atoms with Crippen molar-refractivity contribution >= 4 is 17.6 Å². The molecule has 0 heterocycles. The first-order chi connectivity index (χ1) is 9.94. The summed E-state index contributed by atoms with van der Waals surface area (Å²) in [6.45, 7) is 4.99. The monoisotopic (exact) mass is 319 g/mol. The number of carbonyl (C=O) groups excluding carboxylic acids is 2. The van der Waals surface area contributed by atoms with E-state index in [2.05, 4.69) is 5.32 Å². The number of hydrogen-bond acceptors (Lipinski definition) is 4. The van der Waals surface area contributed by atoms with Crippen LogP contribution in [0.2, 0.25) is 0 Å². The highest BCUT2D eigenvalue weighted by molar-refractivity contribution is 6.03. The molecule has 122 valence electrons. The van der Waals surface area contributed by atoms with E-state index in [0.29, 0.717) is 0 Å². The molecule has 0 spiro atoms. The lowest BCUT2D eigenvalue weighted by Crippen LogP contribution is -2.27. The molecule has 0 aliphatic carbocycles. The zero-order valence-electron chi connectivity index (χ0n) is 12.5. The van der Waals surface area contributed by atoms with Gasteiger partial charge in [-0.15, -0.1) is 0 Å². The first-order valence-corrected chi connectivity index (χ1v) is 6.23. The summed E-state index contributed by atoms with van der Waals surface area (Å²) in [5.74, 6) is -2.32. The highest BCUT2D eigenvalue weighted by Gasteiger charge is 2.40. The lowest BCUT2D eigenvalue weighted by atomic mass is 10.1. The van der Waals surface area contributed by atoms with Gasteiger partial charge < -0.3 is 9.47 Å². The Morgan fingerprint density at radius 2 is 1.73 bits per heavy atom. The SMILES string of the molecule is COc1cc(NC(=O)OC(C)(C)C)ccc1C(=O)C(F)(F)F. The van der Waals surface area contributed by atoms with E-state index < -0.39 is 29.2 Å². The number of methoxy groups -OCH3 is 1. The van der Waals surface area contributed by atoms with Gasteiger partial charge in [-0.25, -0.2) is 4.79 Å². The Balaban J connectivity index is 2.99. The van der Waals surface area contributed by atoms with Gasteiger partial charge in [0.25, 0.3) is 5.78 Å². The lowest BCUT2D eigenvalue weighted by Gasteiger charge is -2.20. The van der Waals surface area contributed by atoms with E-state index in [1.165, 1.54) is 0 Å². The average molecular weight is 319 g/mol. The number of rotatable bonds is 3. The second-order valence-corrected chi connectivity index (χ2v) is 5.37. The molecular formula is C14H16F3NO4. The van der Waals surface area contributed by atoms with Crippen LogP contribution in [0.5, 0.6) is 5.75 Å². The molecule has 0 saturated carbocycles. The van der Waals surface area contributed by atoms with Crippen LogP contribution in [0.15, 0.2) is 18.2 Å². The Bertz CT molecular complexity index is 576. The number of amides is 1. The highest BCUT2D eigenvalue weighted by Crippen LogP contribution is 2.30. The molecule has 0 aliphatic heterocycles. The van der Waals surface area contributed by atoms with Crippen molar-refractivity contribution < 1.29 is 32.2 Å². The number of alkyl halides is 3. The molecule has 0 radical (unpaired) electrons. The number of ether oxygens (including phenoxy) is 2. The Morgan fingerprint density at radius 1 is 1.14 bits per heavy atom. The van der Waals surface area contributed by atoms with Crippen LogP contribution in [0, 0.1) is 0 Å². The Morgan fingerprint density at radius 3 is 2.18 bits per heavy atom. The van der Waals surface area contributed by atoms with Gasteiger partial charge in [-0.05, 0) is 32.9 Å². The molecule has 0 aliphatic rings. The summed E-state index contributed by atoms with van der Waals surface area (Å²) in [5, 5.41) is 2.34. The van der Waals surface area contributed by atoms with Gasteiger partial charge in [0.05, 0.1) is 12.7 Å². The molecule has 1 aromatic rings. The maximum Gasteiger partial charge on any atom is 0.455 e. The summed E-state index contributed by atoms with van der Waals surface area (Å²) in [6.07, 6.45) is -5.78. The van der Waals surface area contributed by atoms with Crippen LogP contribution >= 0.6 is 0 Å². The average Bonchev–Trinajstić information content (AvgIpc) is 2.34. The molecule has 0 atom stereocenters. The summed E-state index contributed by atoms with van der Waals surface area (Å²) < 4.78 is 47.1. The summed E-state index contributed by atoms with van der Waals surface area (Å²) in [4.78, 5) is 22.8. The number of hydrogen-bond donors (Lipinski definition) is 1. The van der Waals surface area contributed by atoms with E-state index in [9.17, 15) is 22.8 Å². The first kappa shape index (κ1) is 17.8. The minimum atomic E-state index is -5.01. The van der Waals surface area contributed by atoms with Crippen molar-refractivity contribution in [1.82, 2.24) is 0 Å². The van der Waals surface area contributed by atoms with Gasteiger partial charge in [0.15, 0.2) is 0 Å². The standard InChI is InChI=1S/C14H16F3NO4/c1-13(2,3)22-12(20)18-8-5-6-9(10(7-8)21-4)11(19)14(15,16)17/h5-7H,1-4H3,(H,18,20). The van der Waals surface area contributed by atoms with Crippen LogP contribution in [-0.4, -0.2) is 30.8 Å². The Kier molecular flexibility index (Phi) is 5.05. The second kappa shape index (κ2) is 6.25. The molecule has 0 unspecified atom stereocenters. The van der Waals surface area contributed by atoms with Crippen molar-refractivity contribution in [3.8, 4) is 5.75 Å². The predicted molar refractivity (Wildman–Crippen MR) is 73.2 cm³/mol. The number of benzene rings is 1. The highest BCUT2D eigenvalue weighted by atomic mass is 19.4. The smallest absolute Gasteiger partial charge is 0.455 e. The van der Waals surface area contributed by atoms with Gasteiger partial charge in [-0.2, -0.15) is 13.2 Å². The van der Waals surface area contributed by atoms with Crippen molar-refractivity contribution in [3.63, 3.8) is 0 Å². The normalized spacial score (nSPS) is 11.8. The van der Waals surface area contributed by atoms with E-state index >= 15 is 0 Å². The van der Waals surface area contributed by atoms with Gasteiger partial charge in [0.1, 0.15) is 11.4 Å². The summed E-state index contributed by atoms with van der Waals surface area (Å²) >= 11 is 0. The molecule has 1 rings (SSSR count). The zero-order valence-corrected chi connectivity index (χ0v) is 12.5. The molecule has 0 bridgehead atoms. The van der Waals surface area contributed by atoms with E-state index in [4.69, 9.17) is 9.47 Å². The largest absolute Gasteiger partial charge is 0.496 e. The lowest BCUT2D eigenvalue weighted by molar-refractivity contribution is -0.0886. The predicted octanol–water partition coefficient (Wildman–Crippen LogP) is 3.79. The van der Waals surface area contributed by atoms with Crippen molar-refractivity contribution in [1.29, 1.82) is 0 Å². The van der Waals surface area contributed by atoms with Gasteiger partial charge in [-0.3, -0.25) is 10.1 Å². The van der Waals surface area contributed by atoms with Crippen molar-refractivity contribution in [3.05, 3.63) is 23.8 Å². The Labute approximate surface area is 125 Å². The molecular weight excluding hydrogens is 303 g/mol. The molecule has 0 saturated heterocycles. The minimum absolute atomic E-state index is 0.143. The van der Waals surface area contributed by atoms with E-state index in [0.717, 1.165) is 25.3 Å². The van der Waals surface area contributed by atoms with Crippen LogP contribution < -0.4 is 10.1 Å². The quantitative estimate of drug-likeness (QED) is 0.861. The van der Waals surface area contributed by atoms with Crippen molar-refractivity contribution in [2.45, 2.75) is 32.5 Å². The van der Waals surface area contributed by atoms with Crippen LogP contribution in [0.25, 0.3) is 0 Å². The summed E-state index contributed by atoms with van der Waals surface area (Å²) in [5.41, 5.74) is -1.21. The van der Waals surface area contributed by atoms with Gasteiger partial charge >= 0.3 is 12.3 Å². The second-order valence-electron chi connectivity index (χ2n) is 5.37. The van der Waals surface area contributed by atoms with E-state index in [1.807, 2.05) is 0 Å². The third-order valence-electron chi connectivity index (χ3n) is 2.35. The fraction of sp³-hybridized carbons (Fsp3) is 0.429. The Hall–Kier alpha value is -2.25. The first-order valence-electron chi connectivity index (χ1n) is 6.23. The molecule has 0 aromatic heterocycles. The van der Waals surface area contributed by atoms with Crippen molar-refractivity contribution in [2.75, 3.05) is 12.4 Å². The minimum Gasteiger partial charge on any atom is -0.496 e. The molecule has 0 fully saturated rings. The van der Waals surface area contributed by atoms with Gasteiger partial charge in [-0.1, -0.05) is 0 Å². The molecule has 5 nitrogen and oxygen atoms in total. The van der Waals surface area contributed by atoms with Crippen LogP contribution in [0.1, 0.15) is 31.1 Å². The molecule has 1 N–H and O–H groups in total. The number of halogens is 3. The molecule has 22 heavy (non-hydrogen) atoms. The maximum atomic E-state index is 12.5. The fourth-order valence-electron chi connectivity index (χ4n) is 1.53. The molecule has 8 heteroatoms. The van der Waals surface area contributed by atoms with Crippen LogP contribution in [-0.2, 0) is 4.74 Å². The summed E-state index contributed by atoms with van der Waals surface area (Å²) in [7, 11) is 1.12. The maximum absolute atomic E-state index is 12.5. The zero-order chi connectivity index (χ0) is 17.1. The van der Waals surface area contributed by atoms with Gasteiger partial charge in [0.2, 0.25) is 0 Å². The number of ketones is 1. The number of anilines is 1. The van der Waals surface area contributed by atoms with E-state index in [-0.39, 0.29) is 11.4 Å². The van der Waals surface area contributed by atoms with Crippen LogP contribution in [0.3, 0.4) is 0 Å². The third kappa shape index (κ3) is 4.94. The third-order valence-corrected chi connectivity index (χ3v) is 2.35. The number of nitrogens with one attached hydrogen (secondary N) is 1. The number of carbonyl (C=O) groups is 2. The number of Topliss-reactive ketones (excluding diaryl/α,β-unsaturated/α-hetero) is 1. The molecule has 1 aromatic carbocycles. The topological polar surface area (TPSA) is 64.6 Å². The van der Waals surface area contributed by atoms with Gasteiger partial charge in [0, 0.05) is 11.8 Å². The van der Waals surface area contributed by atoms with Crippen LogP contribution in [0.4, 0.5) is 23.7 Å².